The van der Waals surface area contributed by atoms with E-state index in [4.69, 9.17) is 9.47 Å². The van der Waals surface area contributed by atoms with E-state index in [2.05, 4.69) is 127 Å². The molecule has 4 nitrogen and oxygen atoms in total. The van der Waals surface area contributed by atoms with E-state index in [0.29, 0.717) is 11.5 Å². The molecule has 0 aliphatic heterocycles. The fourth-order valence-electron chi connectivity index (χ4n) is 6.25. The van der Waals surface area contributed by atoms with E-state index in [9.17, 15) is 9.90 Å². The third-order valence-electron chi connectivity index (χ3n) is 9.23. The normalized spacial score (nSPS) is 13.7. The van der Waals surface area contributed by atoms with Crippen LogP contribution in [-0.2, 0) is 26.5 Å². The van der Waals surface area contributed by atoms with Crippen molar-refractivity contribution in [3.05, 3.63) is 88.5 Å². The Bertz CT molecular complexity index is 1840. The molecule has 6 heteroatoms. The van der Waals surface area contributed by atoms with Crippen molar-refractivity contribution in [2.75, 3.05) is 7.11 Å². The van der Waals surface area contributed by atoms with Crippen molar-refractivity contribution < 1.29 is 19.4 Å². The number of rotatable bonds is 8. The maximum Gasteiger partial charge on any atom is 0.318 e. The number of thioether (sulfide) groups is 2. The van der Waals surface area contributed by atoms with Gasteiger partial charge >= 0.3 is 5.97 Å². The number of methoxy groups -OCH3 is 1. The Labute approximate surface area is 316 Å². The van der Waals surface area contributed by atoms with Crippen LogP contribution in [0.2, 0.25) is 0 Å². The lowest BCUT2D eigenvalue weighted by Gasteiger charge is -2.32. The molecule has 0 bridgehead atoms. The molecular weight excluding hydrogens is 669 g/mol. The Morgan fingerprint density at radius 2 is 1.02 bits per heavy atom. The SMILES string of the molecule is COc1ccc2cc(C(C)C(=O)Oc3c(C(C)(C)C)cc(SC(C)(C)Sc4cc(C(C)(C)C)c(O)c(C(C)(C)C)c4)cc3C(C)(C)C)ccc2c1. The van der Waals surface area contributed by atoms with E-state index in [1.54, 1.807) is 7.11 Å². The molecule has 4 aromatic rings. The first-order chi connectivity index (χ1) is 23.2. The van der Waals surface area contributed by atoms with Crippen LogP contribution < -0.4 is 9.47 Å². The smallest absolute Gasteiger partial charge is 0.318 e. The number of phenolic OH excluding ortho intramolecular Hbond substituents is 1. The highest BCUT2D eigenvalue weighted by molar-refractivity contribution is 8.18. The molecule has 1 unspecified atom stereocenters. The van der Waals surface area contributed by atoms with Crippen LogP contribution in [0.5, 0.6) is 17.2 Å². The number of fused-ring (bicyclic) bond motifs is 1. The van der Waals surface area contributed by atoms with Crippen LogP contribution in [0.4, 0.5) is 0 Å². The zero-order valence-corrected chi connectivity index (χ0v) is 35.5. The van der Waals surface area contributed by atoms with E-state index in [-0.39, 0.29) is 31.7 Å². The number of aromatic hydroxyl groups is 1. The first kappa shape index (κ1) is 40.7. The number of hydrogen-bond donors (Lipinski definition) is 1. The minimum atomic E-state index is -0.456. The van der Waals surface area contributed by atoms with Crippen molar-refractivity contribution >= 4 is 40.3 Å². The summed E-state index contributed by atoms with van der Waals surface area (Å²) in [5.74, 6) is 1.14. The number of carbonyl (C=O) groups is 1. The van der Waals surface area contributed by atoms with E-state index in [1.807, 2.05) is 60.8 Å². The summed E-state index contributed by atoms with van der Waals surface area (Å²) in [6, 6.07) is 20.8. The predicted molar refractivity (Wildman–Crippen MR) is 220 cm³/mol. The van der Waals surface area contributed by atoms with Crippen LogP contribution in [0.15, 0.2) is 70.5 Å². The van der Waals surface area contributed by atoms with E-state index < -0.39 is 5.92 Å². The number of ether oxygens (including phenoxy) is 2. The van der Waals surface area contributed by atoms with Crippen molar-refractivity contribution in [3.63, 3.8) is 0 Å². The highest BCUT2D eigenvalue weighted by Gasteiger charge is 2.33. The number of carbonyl (C=O) groups excluding carboxylic acids is 1. The molecule has 0 saturated carbocycles. The summed E-state index contributed by atoms with van der Waals surface area (Å²) < 4.78 is 11.6. The molecule has 1 atom stereocenters. The van der Waals surface area contributed by atoms with Gasteiger partial charge in [0.2, 0.25) is 0 Å². The second kappa shape index (κ2) is 14.4. The van der Waals surface area contributed by atoms with Gasteiger partial charge in [-0.05, 0) is 95.2 Å². The van der Waals surface area contributed by atoms with Gasteiger partial charge in [0.25, 0.3) is 0 Å². The second-order valence-electron chi connectivity index (χ2n) is 18.4. The van der Waals surface area contributed by atoms with E-state index >= 15 is 0 Å². The number of benzene rings is 4. The lowest BCUT2D eigenvalue weighted by molar-refractivity contribution is -0.135. The highest BCUT2D eigenvalue weighted by atomic mass is 32.2. The molecule has 0 fully saturated rings. The van der Waals surface area contributed by atoms with Crippen LogP contribution in [-0.4, -0.2) is 22.3 Å². The van der Waals surface area contributed by atoms with Crippen LogP contribution >= 0.6 is 23.5 Å². The molecule has 4 rings (SSSR count). The van der Waals surface area contributed by atoms with Crippen molar-refractivity contribution in [2.24, 2.45) is 0 Å². The first-order valence-electron chi connectivity index (χ1n) is 18.0. The lowest BCUT2D eigenvalue weighted by atomic mass is 9.79. The van der Waals surface area contributed by atoms with E-state index in [0.717, 1.165) is 54.1 Å². The van der Waals surface area contributed by atoms with Crippen LogP contribution in [0.1, 0.15) is 138 Å². The molecule has 0 radical (unpaired) electrons. The largest absolute Gasteiger partial charge is 0.507 e. The average Bonchev–Trinajstić information content (AvgIpc) is 2.98. The molecule has 4 aromatic carbocycles. The van der Waals surface area contributed by atoms with E-state index in [1.165, 1.54) is 0 Å². The topological polar surface area (TPSA) is 55.8 Å². The zero-order chi connectivity index (χ0) is 38.5. The Kier molecular flexibility index (Phi) is 11.5. The number of esters is 1. The van der Waals surface area contributed by atoms with Crippen LogP contribution in [0.25, 0.3) is 10.8 Å². The van der Waals surface area contributed by atoms with Gasteiger partial charge in [0, 0.05) is 32.0 Å². The van der Waals surface area contributed by atoms with Crippen molar-refractivity contribution in [1.29, 1.82) is 0 Å². The molecule has 0 aromatic heterocycles. The lowest BCUT2D eigenvalue weighted by Crippen LogP contribution is -2.24. The molecule has 276 valence electrons. The van der Waals surface area contributed by atoms with Gasteiger partial charge in [-0.3, -0.25) is 4.79 Å². The monoisotopic (exact) mass is 728 g/mol. The fourth-order valence-corrected chi connectivity index (χ4v) is 8.83. The minimum Gasteiger partial charge on any atom is -0.507 e. The first-order valence-corrected chi connectivity index (χ1v) is 19.6. The van der Waals surface area contributed by atoms with Gasteiger partial charge in [-0.15, -0.1) is 23.5 Å². The van der Waals surface area contributed by atoms with Gasteiger partial charge in [-0.1, -0.05) is 107 Å². The molecule has 0 spiro atoms. The third-order valence-corrected chi connectivity index (χ3v) is 11.7. The molecule has 0 heterocycles. The van der Waals surface area contributed by atoms with Gasteiger partial charge in [0.15, 0.2) is 0 Å². The summed E-state index contributed by atoms with van der Waals surface area (Å²) >= 11 is 3.63. The molecule has 1 N–H and O–H groups in total. The van der Waals surface area contributed by atoms with Crippen LogP contribution in [0, 0.1) is 0 Å². The quantitative estimate of drug-likeness (QED) is 0.0844. The summed E-state index contributed by atoms with van der Waals surface area (Å²) in [5.41, 5.74) is 3.90. The van der Waals surface area contributed by atoms with Crippen LogP contribution in [0.3, 0.4) is 0 Å². The van der Waals surface area contributed by atoms with Crippen molar-refractivity contribution in [1.82, 2.24) is 0 Å². The number of phenols is 1. The van der Waals surface area contributed by atoms with Gasteiger partial charge in [-0.25, -0.2) is 0 Å². The third kappa shape index (κ3) is 9.67. The zero-order valence-electron chi connectivity index (χ0n) is 33.8. The van der Waals surface area contributed by atoms with Gasteiger partial charge in [-0.2, -0.15) is 0 Å². The van der Waals surface area contributed by atoms with Gasteiger partial charge in [0.05, 0.1) is 17.1 Å². The second-order valence-corrected chi connectivity index (χ2v) is 22.1. The maximum absolute atomic E-state index is 14.0. The Hall–Kier alpha value is -3.09. The predicted octanol–water partition coefficient (Wildman–Crippen LogP) is 13.1. The highest BCUT2D eigenvalue weighted by Crippen LogP contribution is 2.51. The molecular formula is C45H60O4S2. The summed E-state index contributed by atoms with van der Waals surface area (Å²) in [6.45, 7) is 32.4. The maximum atomic E-state index is 14.0. The molecule has 0 amide bonds. The Morgan fingerprint density at radius 3 is 1.45 bits per heavy atom. The van der Waals surface area contributed by atoms with Gasteiger partial charge in [0.1, 0.15) is 17.2 Å². The van der Waals surface area contributed by atoms with Crippen molar-refractivity contribution in [3.8, 4) is 17.2 Å². The summed E-state index contributed by atoms with van der Waals surface area (Å²) in [7, 11) is 1.67. The number of hydrogen-bond acceptors (Lipinski definition) is 6. The summed E-state index contributed by atoms with van der Waals surface area (Å²) in [5, 5.41) is 13.4. The fraction of sp³-hybridized carbons (Fsp3) is 0.489. The summed E-state index contributed by atoms with van der Waals surface area (Å²) in [6.07, 6.45) is 0. The average molecular weight is 729 g/mol. The minimum absolute atomic E-state index is 0.200. The summed E-state index contributed by atoms with van der Waals surface area (Å²) in [4.78, 5) is 16.2. The Morgan fingerprint density at radius 1 is 0.608 bits per heavy atom. The molecule has 0 saturated heterocycles. The molecule has 51 heavy (non-hydrogen) atoms. The molecule has 0 aliphatic carbocycles. The molecule has 0 aliphatic rings. The van der Waals surface area contributed by atoms with Crippen molar-refractivity contribution in [2.45, 2.75) is 145 Å². The standard InChI is InChI=1S/C45H60O4S2/c1-27(28-17-18-30-22-31(48-16)20-19-29(30)21-28)40(47)49-39-36(43(8,9)10)25-33(26-37(39)44(11,12)13)51-45(14,15)50-32-23-34(41(2,3)4)38(46)35(24-32)42(5,6)7/h17-27,46H,1-16H3. The van der Waals surface area contributed by atoms with Gasteiger partial charge < -0.3 is 14.6 Å². The Balaban J connectivity index is 1.72.